The van der Waals surface area contributed by atoms with Gasteiger partial charge in [-0.1, -0.05) is 20.8 Å². The molecule has 0 spiro atoms. The van der Waals surface area contributed by atoms with Gasteiger partial charge in [0, 0.05) is 57.6 Å². The lowest BCUT2D eigenvalue weighted by atomic mass is 9.89. The van der Waals surface area contributed by atoms with Gasteiger partial charge in [0.05, 0.1) is 6.10 Å². The first-order chi connectivity index (χ1) is 10.8. The smallest absolute Gasteiger partial charge is 0.224 e. The zero-order valence-corrected chi connectivity index (χ0v) is 14.9. The van der Waals surface area contributed by atoms with E-state index < -0.39 is 0 Å². The van der Waals surface area contributed by atoms with Crippen molar-refractivity contribution in [2.75, 3.05) is 32.7 Å². The second-order valence-corrected chi connectivity index (χ2v) is 7.75. The maximum atomic E-state index is 12.4. The Morgan fingerprint density at radius 2 is 1.70 bits per heavy atom. The Bertz CT molecular complexity index is 485. The number of aliphatic hydroxyl groups is 1. The van der Waals surface area contributed by atoms with Gasteiger partial charge in [0.25, 0.3) is 0 Å². The Morgan fingerprint density at radius 3 is 2.22 bits per heavy atom. The van der Waals surface area contributed by atoms with E-state index in [0.717, 1.165) is 26.2 Å². The summed E-state index contributed by atoms with van der Waals surface area (Å²) in [7, 11) is 0. The quantitative estimate of drug-likeness (QED) is 0.902. The molecule has 1 aliphatic heterocycles. The lowest BCUT2D eigenvalue weighted by Crippen LogP contribution is -2.51. The minimum atomic E-state index is -0.335. The van der Waals surface area contributed by atoms with Crippen molar-refractivity contribution < 1.29 is 9.90 Å². The highest BCUT2D eigenvalue weighted by atomic mass is 16.3. The molecule has 0 unspecified atom stereocenters. The fourth-order valence-corrected chi connectivity index (χ4v) is 2.83. The van der Waals surface area contributed by atoms with Gasteiger partial charge >= 0.3 is 0 Å². The third kappa shape index (κ3) is 5.08. The van der Waals surface area contributed by atoms with Gasteiger partial charge in [-0.05, 0) is 24.5 Å². The topological polar surface area (TPSA) is 48.7 Å². The van der Waals surface area contributed by atoms with Crippen LogP contribution >= 0.6 is 0 Å². The lowest BCUT2D eigenvalue weighted by molar-refractivity contribution is -0.134. The van der Waals surface area contributed by atoms with Gasteiger partial charge in [0.2, 0.25) is 5.91 Å². The highest BCUT2D eigenvalue weighted by Crippen LogP contribution is 2.20. The molecule has 1 fully saturated rings. The molecule has 0 saturated carbocycles. The Balaban J connectivity index is 1.76. The van der Waals surface area contributed by atoms with E-state index in [1.54, 1.807) is 0 Å². The van der Waals surface area contributed by atoms with Crippen LogP contribution in [0.25, 0.3) is 0 Å². The van der Waals surface area contributed by atoms with Crippen LogP contribution in [0.2, 0.25) is 0 Å². The predicted octanol–water partition coefficient (Wildman–Crippen LogP) is 1.99. The van der Waals surface area contributed by atoms with Crippen LogP contribution in [-0.4, -0.2) is 64.2 Å². The van der Waals surface area contributed by atoms with E-state index in [-0.39, 0.29) is 23.5 Å². The van der Waals surface area contributed by atoms with E-state index in [2.05, 4.69) is 37.2 Å². The molecule has 1 N–H and O–H groups in total. The molecular formula is C18H31N3O2. The average Bonchev–Trinajstić information content (AvgIpc) is 3.01. The standard InChI is InChI=1S/C18H31N3O2/c1-15(20-7-5-6-8-20)13-17(23)21-11-9-19(10-12-21)14-16(22)18(2,3)4/h5-8,15-16,22H,9-14H2,1-4H3/t15-,16+/m0/s1. The minimum absolute atomic E-state index is 0.0981. The number of nitrogens with zero attached hydrogens (tertiary/aromatic N) is 3. The molecule has 1 aromatic rings. The molecule has 1 aromatic heterocycles. The van der Waals surface area contributed by atoms with E-state index in [9.17, 15) is 9.90 Å². The molecule has 1 saturated heterocycles. The summed E-state index contributed by atoms with van der Waals surface area (Å²) in [6.07, 6.45) is 4.21. The first kappa shape index (κ1) is 18.0. The lowest BCUT2D eigenvalue weighted by Gasteiger charge is -2.38. The molecule has 2 atom stereocenters. The van der Waals surface area contributed by atoms with Crippen molar-refractivity contribution in [2.45, 2.75) is 46.3 Å². The molecule has 2 rings (SSSR count). The summed E-state index contributed by atoms with van der Waals surface area (Å²) in [6.45, 7) is 12.1. The first-order valence-electron chi connectivity index (χ1n) is 8.58. The fraction of sp³-hybridized carbons (Fsp3) is 0.722. The van der Waals surface area contributed by atoms with Gasteiger partial charge in [0.1, 0.15) is 0 Å². The second-order valence-electron chi connectivity index (χ2n) is 7.75. The van der Waals surface area contributed by atoms with Gasteiger partial charge in [-0.3, -0.25) is 9.69 Å². The summed E-state index contributed by atoms with van der Waals surface area (Å²) in [4.78, 5) is 16.7. The van der Waals surface area contributed by atoms with Crippen molar-refractivity contribution in [3.8, 4) is 0 Å². The number of carbonyl (C=O) groups excluding carboxylic acids is 1. The van der Waals surface area contributed by atoms with E-state index in [4.69, 9.17) is 0 Å². The summed E-state index contributed by atoms with van der Waals surface area (Å²) < 4.78 is 2.08. The van der Waals surface area contributed by atoms with Crippen molar-refractivity contribution >= 4 is 5.91 Å². The van der Waals surface area contributed by atoms with Crippen LogP contribution in [0.15, 0.2) is 24.5 Å². The summed E-state index contributed by atoms with van der Waals surface area (Å²) in [6, 6.07) is 4.17. The molecule has 5 nitrogen and oxygen atoms in total. The SMILES string of the molecule is C[C@@H](CC(=O)N1CCN(C[C@@H](O)C(C)(C)C)CC1)n1cccc1. The first-order valence-corrected chi connectivity index (χ1v) is 8.58. The maximum absolute atomic E-state index is 12.4. The molecule has 0 bridgehead atoms. The van der Waals surface area contributed by atoms with Crippen molar-refractivity contribution in [1.82, 2.24) is 14.4 Å². The predicted molar refractivity (Wildman–Crippen MR) is 92.2 cm³/mol. The number of β-amino-alcohol motifs (C(OH)–C–C–N with tert-alkyl or cyclic N) is 1. The Labute approximate surface area is 139 Å². The van der Waals surface area contributed by atoms with Crippen LogP contribution in [0.1, 0.15) is 40.2 Å². The van der Waals surface area contributed by atoms with Crippen molar-refractivity contribution in [3.63, 3.8) is 0 Å². The van der Waals surface area contributed by atoms with Crippen molar-refractivity contribution in [3.05, 3.63) is 24.5 Å². The fourth-order valence-electron chi connectivity index (χ4n) is 2.83. The number of piperazine rings is 1. The van der Waals surface area contributed by atoms with E-state index in [1.807, 2.05) is 29.4 Å². The number of rotatable bonds is 5. The third-order valence-electron chi connectivity index (χ3n) is 4.76. The van der Waals surface area contributed by atoms with Crippen LogP contribution in [0, 0.1) is 5.41 Å². The summed E-state index contributed by atoms with van der Waals surface area (Å²) in [5.74, 6) is 0.224. The van der Waals surface area contributed by atoms with Crippen LogP contribution in [0.3, 0.4) is 0 Å². The second kappa shape index (κ2) is 7.49. The molecule has 0 aliphatic carbocycles. The Morgan fingerprint density at radius 1 is 1.13 bits per heavy atom. The van der Waals surface area contributed by atoms with Crippen LogP contribution in [0.4, 0.5) is 0 Å². The van der Waals surface area contributed by atoms with Crippen molar-refractivity contribution in [1.29, 1.82) is 0 Å². The van der Waals surface area contributed by atoms with Gasteiger partial charge in [0.15, 0.2) is 0 Å². The highest BCUT2D eigenvalue weighted by molar-refractivity contribution is 5.76. The molecule has 0 aromatic carbocycles. The molecule has 23 heavy (non-hydrogen) atoms. The van der Waals surface area contributed by atoms with E-state index in [0.29, 0.717) is 13.0 Å². The van der Waals surface area contributed by atoms with Gasteiger partial charge in [-0.15, -0.1) is 0 Å². The van der Waals surface area contributed by atoms with E-state index >= 15 is 0 Å². The zero-order valence-electron chi connectivity index (χ0n) is 14.9. The summed E-state index contributed by atoms with van der Waals surface area (Å²) in [5, 5.41) is 10.2. The Kier molecular flexibility index (Phi) is 5.87. The highest BCUT2D eigenvalue weighted by Gasteiger charge is 2.27. The summed E-state index contributed by atoms with van der Waals surface area (Å²) >= 11 is 0. The van der Waals surface area contributed by atoms with Gasteiger partial charge in [-0.2, -0.15) is 0 Å². The number of aliphatic hydroxyl groups excluding tert-OH is 1. The molecule has 1 amide bonds. The molecule has 0 radical (unpaired) electrons. The van der Waals surface area contributed by atoms with Gasteiger partial charge < -0.3 is 14.6 Å². The van der Waals surface area contributed by atoms with Crippen LogP contribution in [0.5, 0.6) is 0 Å². The van der Waals surface area contributed by atoms with Crippen LogP contribution in [-0.2, 0) is 4.79 Å². The normalized spacial score (nSPS) is 19.6. The largest absolute Gasteiger partial charge is 0.391 e. The van der Waals surface area contributed by atoms with Crippen LogP contribution < -0.4 is 0 Å². The molecule has 2 heterocycles. The molecule has 5 heteroatoms. The number of amides is 1. The van der Waals surface area contributed by atoms with Gasteiger partial charge in [-0.25, -0.2) is 0 Å². The number of carbonyl (C=O) groups is 1. The number of hydrogen-bond donors (Lipinski definition) is 1. The average molecular weight is 321 g/mol. The monoisotopic (exact) mass is 321 g/mol. The third-order valence-corrected chi connectivity index (χ3v) is 4.76. The minimum Gasteiger partial charge on any atom is -0.391 e. The number of hydrogen-bond acceptors (Lipinski definition) is 3. The maximum Gasteiger partial charge on any atom is 0.224 e. The summed E-state index contributed by atoms with van der Waals surface area (Å²) in [5.41, 5.74) is -0.0981. The molecule has 1 aliphatic rings. The van der Waals surface area contributed by atoms with Crippen molar-refractivity contribution in [2.24, 2.45) is 5.41 Å². The zero-order chi connectivity index (χ0) is 17.0. The molecule has 130 valence electrons. The molecular weight excluding hydrogens is 290 g/mol. The van der Waals surface area contributed by atoms with E-state index in [1.165, 1.54) is 0 Å². The Hall–Kier alpha value is -1.33. The number of aromatic nitrogens is 1.